The second-order valence-electron chi connectivity index (χ2n) is 7.66. The molecule has 33 heavy (non-hydrogen) atoms. The monoisotopic (exact) mass is 441 g/mol. The van der Waals surface area contributed by atoms with Crippen LogP contribution in [0.25, 0.3) is 11.0 Å². The van der Waals surface area contributed by atoms with Crippen LogP contribution in [-0.4, -0.2) is 19.1 Å². The Morgan fingerprint density at radius 1 is 0.848 bits per heavy atom. The minimum Gasteiger partial charge on any atom is -0.490 e. The first-order chi connectivity index (χ1) is 16.1. The van der Waals surface area contributed by atoms with Crippen LogP contribution in [0.15, 0.2) is 82.0 Å². The quantitative estimate of drug-likeness (QED) is 0.404. The first-order valence-electron chi connectivity index (χ1n) is 11.0. The molecule has 0 spiro atoms. The number of ether oxygens (including phenoxy) is 2. The fourth-order valence-corrected chi connectivity index (χ4v) is 4.33. The van der Waals surface area contributed by atoms with Crippen molar-refractivity contribution < 1.29 is 18.7 Å². The Bertz CT molecular complexity index is 1390. The third kappa shape index (κ3) is 3.44. The predicted octanol–water partition coefficient (Wildman–Crippen LogP) is 5.34. The van der Waals surface area contributed by atoms with E-state index < -0.39 is 6.04 Å². The summed E-state index contributed by atoms with van der Waals surface area (Å²) in [5, 5.41) is 0.444. The lowest BCUT2D eigenvalue weighted by Crippen LogP contribution is -2.29. The maximum absolute atomic E-state index is 13.6. The van der Waals surface area contributed by atoms with Crippen LogP contribution in [0.2, 0.25) is 0 Å². The first-order valence-corrected chi connectivity index (χ1v) is 11.0. The fraction of sp³-hybridized carbons (Fsp3) is 0.185. The molecule has 2 heterocycles. The van der Waals surface area contributed by atoms with Crippen molar-refractivity contribution in [2.75, 3.05) is 18.1 Å². The van der Waals surface area contributed by atoms with Crippen molar-refractivity contribution in [3.8, 4) is 11.5 Å². The van der Waals surface area contributed by atoms with Gasteiger partial charge in [-0.25, -0.2) is 0 Å². The second kappa shape index (κ2) is 8.47. The van der Waals surface area contributed by atoms with E-state index in [1.165, 1.54) is 0 Å². The number of para-hydroxylation sites is 2. The summed E-state index contributed by atoms with van der Waals surface area (Å²) in [6.45, 7) is 4.76. The van der Waals surface area contributed by atoms with Gasteiger partial charge in [0.25, 0.3) is 5.91 Å². The molecule has 5 rings (SSSR count). The van der Waals surface area contributed by atoms with Crippen LogP contribution in [-0.2, 0) is 0 Å². The molecular formula is C27H23NO5. The van der Waals surface area contributed by atoms with Gasteiger partial charge in [0, 0.05) is 5.69 Å². The van der Waals surface area contributed by atoms with E-state index in [4.69, 9.17) is 13.9 Å². The number of carbonyl (C=O) groups excluding carboxylic acids is 1. The maximum atomic E-state index is 13.6. The van der Waals surface area contributed by atoms with Crippen LogP contribution in [0, 0.1) is 0 Å². The number of rotatable bonds is 6. The Hall–Kier alpha value is -4.06. The van der Waals surface area contributed by atoms with Gasteiger partial charge in [0.15, 0.2) is 16.9 Å². The zero-order valence-corrected chi connectivity index (χ0v) is 18.4. The fourth-order valence-electron chi connectivity index (χ4n) is 4.33. The van der Waals surface area contributed by atoms with Crippen molar-refractivity contribution in [3.05, 3.63) is 99.9 Å². The van der Waals surface area contributed by atoms with E-state index in [0.717, 1.165) is 5.56 Å². The van der Waals surface area contributed by atoms with Crippen LogP contribution in [0.1, 0.15) is 41.6 Å². The maximum Gasteiger partial charge on any atom is 0.295 e. The van der Waals surface area contributed by atoms with Gasteiger partial charge in [-0.05, 0) is 55.8 Å². The number of benzene rings is 3. The minimum atomic E-state index is -0.661. The number of carbonyl (C=O) groups is 1. The van der Waals surface area contributed by atoms with Crippen LogP contribution in [0.4, 0.5) is 5.69 Å². The molecule has 0 bridgehead atoms. The molecule has 1 unspecified atom stereocenters. The van der Waals surface area contributed by atoms with E-state index in [-0.39, 0.29) is 17.1 Å². The third-order valence-corrected chi connectivity index (χ3v) is 5.70. The highest BCUT2D eigenvalue weighted by Crippen LogP contribution is 2.43. The van der Waals surface area contributed by atoms with Crippen molar-refractivity contribution in [3.63, 3.8) is 0 Å². The number of anilines is 1. The van der Waals surface area contributed by atoms with E-state index in [9.17, 15) is 9.59 Å². The molecule has 166 valence electrons. The van der Waals surface area contributed by atoms with Crippen molar-refractivity contribution in [2.24, 2.45) is 0 Å². The average molecular weight is 441 g/mol. The molecule has 6 heteroatoms. The van der Waals surface area contributed by atoms with Gasteiger partial charge < -0.3 is 13.9 Å². The zero-order valence-electron chi connectivity index (χ0n) is 18.4. The van der Waals surface area contributed by atoms with Gasteiger partial charge in [-0.15, -0.1) is 0 Å². The van der Waals surface area contributed by atoms with Crippen LogP contribution in [0.5, 0.6) is 11.5 Å². The third-order valence-electron chi connectivity index (χ3n) is 5.70. The summed E-state index contributed by atoms with van der Waals surface area (Å²) in [6.07, 6.45) is 0. The van der Waals surface area contributed by atoms with E-state index in [0.29, 0.717) is 46.9 Å². The Balaban J connectivity index is 1.77. The molecule has 0 N–H and O–H groups in total. The van der Waals surface area contributed by atoms with Gasteiger partial charge >= 0.3 is 0 Å². The summed E-state index contributed by atoms with van der Waals surface area (Å²) in [5.74, 6) is 0.899. The molecular weight excluding hydrogens is 418 g/mol. The number of amides is 1. The predicted molar refractivity (Wildman–Crippen MR) is 126 cm³/mol. The van der Waals surface area contributed by atoms with E-state index >= 15 is 0 Å². The van der Waals surface area contributed by atoms with Crippen LogP contribution >= 0.6 is 0 Å². The number of fused-ring (bicyclic) bond motifs is 2. The molecule has 6 nitrogen and oxygen atoms in total. The molecule has 1 aromatic heterocycles. The lowest BCUT2D eigenvalue weighted by molar-refractivity contribution is 0.0971. The Morgan fingerprint density at radius 2 is 1.55 bits per heavy atom. The van der Waals surface area contributed by atoms with E-state index in [1.54, 1.807) is 29.2 Å². The summed E-state index contributed by atoms with van der Waals surface area (Å²) in [6, 6.07) is 21.1. The Labute approximate surface area is 191 Å². The van der Waals surface area contributed by atoms with Crippen molar-refractivity contribution in [1.29, 1.82) is 0 Å². The largest absolute Gasteiger partial charge is 0.490 e. The molecule has 0 fully saturated rings. The molecule has 1 atom stereocenters. The molecule has 4 aromatic rings. The summed E-state index contributed by atoms with van der Waals surface area (Å²) in [4.78, 5) is 28.8. The second-order valence-corrected chi connectivity index (χ2v) is 7.66. The number of nitrogens with zero attached hydrogens (tertiary/aromatic N) is 1. The standard InChI is InChI=1S/C27H23NO5/c1-3-31-21-15-14-17(16-22(21)32-4-2)24-23-25(29)19-12-8-9-13-20(19)33-26(23)27(30)28(24)18-10-6-5-7-11-18/h5-16,24H,3-4H2,1-2H3. The molecule has 3 aromatic carbocycles. The molecule has 0 radical (unpaired) electrons. The van der Waals surface area contributed by atoms with Crippen molar-refractivity contribution in [2.45, 2.75) is 19.9 Å². The van der Waals surface area contributed by atoms with Crippen LogP contribution < -0.4 is 19.8 Å². The summed E-state index contributed by atoms with van der Waals surface area (Å²) >= 11 is 0. The Kier molecular flexibility index (Phi) is 5.34. The molecule has 1 amide bonds. The topological polar surface area (TPSA) is 69.0 Å². The van der Waals surface area contributed by atoms with E-state index in [1.807, 2.05) is 62.4 Å². The Morgan fingerprint density at radius 3 is 2.30 bits per heavy atom. The van der Waals surface area contributed by atoms with Gasteiger partial charge in [0.2, 0.25) is 5.76 Å². The smallest absolute Gasteiger partial charge is 0.295 e. The van der Waals surface area contributed by atoms with Crippen LogP contribution in [0.3, 0.4) is 0 Å². The SMILES string of the molecule is CCOc1ccc(C2c3c(oc4ccccc4c3=O)C(=O)N2c2ccccc2)cc1OCC. The highest BCUT2D eigenvalue weighted by molar-refractivity contribution is 6.10. The van der Waals surface area contributed by atoms with Gasteiger partial charge in [-0.2, -0.15) is 0 Å². The number of hydrogen-bond donors (Lipinski definition) is 0. The first kappa shape index (κ1) is 20.8. The summed E-state index contributed by atoms with van der Waals surface area (Å²) < 4.78 is 17.5. The molecule has 0 saturated heterocycles. The molecule has 1 aliphatic rings. The van der Waals surface area contributed by atoms with Crippen molar-refractivity contribution in [1.82, 2.24) is 0 Å². The highest BCUT2D eigenvalue weighted by Gasteiger charge is 2.43. The minimum absolute atomic E-state index is 0.0689. The van der Waals surface area contributed by atoms with Gasteiger partial charge in [0.05, 0.1) is 30.2 Å². The molecule has 0 saturated carbocycles. The van der Waals surface area contributed by atoms with Gasteiger partial charge in [0.1, 0.15) is 5.58 Å². The zero-order chi connectivity index (χ0) is 22.9. The van der Waals surface area contributed by atoms with Crippen molar-refractivity contribution >= 4 is 22.6 Å². The molecule has 1 aliphatic heterocycles. The lowest BCUT2D eigenvalue weighted by atomic mass is 9.97. The molecule has 0 aliphatic carbocycles. The van der Waals surface area contributed by atoms with Gasteiger partial charge in [-0.1, -0.05) is 36.4 Å². The highest BCUT2D eigenvalue weighted by atomic mass is 16.5. The summed E-state index contributed by atoms with van der Waals surface area (Å²) in [5.41, 5.74) is 1.92. The lowest BCUT2D eigenvalue weighted by Gasteiger charge is -2.26. The van der Waals surface area contributed by atoms with E-state index in [2.05, 4.69) is 0 Å². The van der Waals surface area contributed by atoms with Gasteiger partial charge in [-0.3, -0.25) is 14.5 Å². The average Bonchev–Trinajstić information content (AvgIpc) is 3.14. The number of hydrogen-bond acceptors (Lipinski definition) is 5. The normalized spacial score (nSPS) is 15.0. The summed E-state index contributed by atoms with van der Waals surface area (Å²) in [7, 11) is 0.